The highest BCUT2D eigenvalue weighted by molar-refractivity contribution is 8.00. The van der Waals surface area contributed by atoms with Gasteiger partial charge in [-0.1, -0.05) is 30.3 Å². The average Bonchev–Trinajstić information content (AvgIpc) is 3.48. The summed E-state index contributed by atoms with van der Waals surface area (Å²) in [5, 5.41) is 7.34. The summed E-state index contributed by atoms with van der Waals surface area (Å²) in [4.78, 5) is 17.6. The van der Waals surface area contributed by atoms with Crippen LogP contribution in [-0.2, 0) is 4.79 Å². The lowest BCUT2D eigenvalue weighted by Crippen LogP contribution is -2.28. The number of hydrogen-bond acceptors (Lipinski definition) is 4. The van der Waals surface area contributed by atoms with E-state index in [9.17, 15) is 9.18 Å². The maximum Gasteiger partial charge on any atom is 0.253 e. The first-order valence-electron chi connectivity index (χ1n) is 10.6. The fourth-order valence-electron chi connectivity index (χ4n) is 4.01. The van der Waals surface area contributed by atoms with Crippen molar-refractivity contribution in [2.75, 3.05) is 12.9 Å². The second-order valence-electron chi connectivity index (χ2n) is 7.77. The molecular weight excluding hydrogens is 437 g/mol. The number of methoxy groups -OCH3 is 1. The van der Waals surface area contributed by atoms with E-state index < -0.39 is 0 Å². The topological polar surface area (TPSA) is 57.7 Å². The molecule has 0 spiro atoms. The van der Waals surface area contributed by atoms with Crippen LogP contribution < -0.4 is 4.74 Å². The minimum absolute atomic E-state index is 0.0943. The molecule has 1 N–H and O–H groups in total. The number of para-hydroxylation sites is 1. The molecule has 166 valence electrons. The number of hydrogen-bond donors (Lipinski definition) is 1. The Morgan fingerprint density at radius 2 is 1.88 bits per heavy atom. The van der Waals surface area contributed by atoms with Gasteiger partial charge in [-0.25, -0.2) is 9.40 Å². The Labute approximate surface area is 195 Å². The highest BCUT2D eigenvalue weighted by Crippen LogP contribution is 2.35. The number of hydrazone groups is 1. The van der Waals surface area contributed by atoms with Gasteiger partial charge in [-0.05, 0) is 53.6 Å². The van der Waals surface area contributed by atoms with E-state index >= 15 is 0 Å². The van der Waals surface area contributed by atoms with Crippen LogP contribution in [0.15, 0.2) is 89.0 Å². The molecular formula is C26H22FN3O2S. The van der Waals surface area contributed by atoms with Crippen LogP contribution in [-0.4, -0.2) is 34.5 Å². The van der Waals surface area contributed by atoms with E-state index in [-0.39, 0.29) is 23.5 Å². The summed E-state index contributed by atoms with van der Waals surface area (Å²) in [5.41, 5.74) is 3.65. The quantitative estimate of drug-likeness (QED) is 0.372. The molecule has 1 aromatic heterocycles. The van der Waals surface area contributed by atoms with E-state index in [2.05, 4.69) is 4.98 Å². The number of amides is 1. The molecule has 2 heterocycles. The average molecular weight is 460 g/mol. The molecule has 5 nitrogen and oxygen atoms in total. The number of H-pyrrole nitrogens is 1. The summed E-state index contributed by atoms with van der Waals surface area (Å²) >= 11 is 1.48. The van der Waals surface area contributed by atoms with Crippen molar-refractivity contribution in [3.63, 3.8) is 0 Å². The van der Waals surface area contributed by atoms with Crippen LogP contribution in [0.25, 0.3) is 10.9 Å². The van der Waals surface area contributed by atoms with Crippen LogP contribution in [0.2, 0.25) is 0 Å². The minimum Gasteiger partial charge on any atom is -0.497 e. The van der Waals surface area contributed by atoms with E-state index in [4.69, 9.17) is 9.84 Å². The lowest BCUT2D eigenvalue weighted by Gasteiger charge is -2.22. The first kappa shape index (κ1) is 21.3. The van der Waals surface area contributed by atoms with Crippen molar-refractivity contribution in [3.05, 3.63) is 95.9 Å². The standard InChI is InChI=1S/C26H22FN3O2S/c1-32-20-12-8-17(9-13-20)23-14-24(18-6-10-19(27)11-7-18)30(29-23)26(31)16-33-25-15-28-22-5-3-2-4-21(22)25/h2-13,15,24,28H,14,16H2,1H3. The second kappa shape index (κ2) is 9.11. The normalized spacial score (nSPS) is 15.6. The number of halogens is 1. The van der Waals surface area contributed by atoms with Crippen molar-refractivity contribution >= 4 is 34.3 Å². The zero-order chi connectivity index (χ0) is 22.8. The Bertz CT molecular complexity index is 1320. The molecule has 0 aliphatic carbocycles. The summed E-state index contributed by atoms with van der Waals surface area (Å²) in [5.74, 6) is 0.610. The molecule has 1 aliphatic rings. The fourth-order valence-corrected chi connectivity index (χ4v) is 4.90. The van der Waals surface area contributed by atoms with E-state index in [0.717, 1.165) is 38.4 Å². The molecule has 3 aromatic carbocycles. The number of thioether (sulfide) groups is 1. The van der Waals surface area contributed by atoms with Crippen LogP contribution in [0.4, 0.5) is 4.39 Å². The first-order valence-corrected chi connectivity index (χ1v) is 11.6. The molecule has 1 amide bonds. The second-order valence-corrected chi connectivity index (χ2v) is 8.79. The third-order valence-corrected chi connectivity index (χ3v) is 6.79. The minimum atomic E-state index is -0.305. The summed E-state index contributed by atoms with van der Waals surface area (Å²) in [6.07, 6.45) is 2.48. The smallest absolute Gasteiger partial charge is 0.253 e. The van der Waals surface area contributed by atoms with Crippen molar-refractivity contribution < 1.29 is 13.9 Å². The van der Waals surface area contributed by atoms with Crippen molar-refractivity contribution in [1.29, 1.82) is 0 Å². The van der Waals surface area contributed by atoms with Crippen LogP contribution in [0.3, 0.4) is 0 Å². The van der Waals surface area contributed by atoms with Gasteiger partial charge in [-0.2, -0.15) is 5.10 Å². The van der Waals surface area contributed by atoms with Crippen molar-refractivity contribution in [2.45, 2.75) is 17.4 Å². The molecule has 0 saturated carbocycles. The van der Waals surface area contributed by atoms with Crippen LogP contribution >= 0.6 is 11.8 Å². The number of rotatable bonds is 6. The number of benzene rings is 3. The molecule has 0 bridgehead atoms. The van der Waals surface area contributed by atoms with Gasteiger partial charge in [-0.15, -0.1) is 11.8 Å². The monoisotopic (exact) mass is 459 g/mol. The summed E-state index contributed by atoms with van der Waals surface area (Å²) < 4.78 is 18.8. The van der Waals surface area contributed by atoms with Crippen molar-refractivity contribution in [3.8, 4) is 5.75 Å². The molecule has 5 rings (SSSR count). The van der Waals surface area contributed by atoms with Crippen molar-refractivity contribution in [2.24, 2.45) is 5.10 Å². The zero-order valence-electron chi connectivity index (χ0n) is 18.0. The van der Waals surface area contributed by atoms with E-state index in [1.807, 2.05) is 54.7 Å². The predicted molar refractivity (Wildman–Crippen MR) is 129 cm³/mol. The molecule has 0 saturated heterocycles. The SMILES string of the molecule is COc1ccc(C2=NN(C(=O)CSc3c[nH]c4ccccc34)C(c3ccc(F)cc3)C2)cc1. The van der Waals surface area contributed by atoms with Gasteiger partial charge >= 0.3 is 0 Å². The van der Waals surface area contributed by atoms with E-state index in [1.165, 1.54) is 23.9 Å². The summed E-state index contributed by atoms with van der Waals surface area (Å²) in [6, 6.07) is 21.6. The van der Waals surface area contributed by atoms with E-state index in [0.29, 0.717) is 6.42 Å². The van der Waals surface area contributed by atoms with Gasteiger partial charge in [0.15, 0.2) is 0 Å². The largest absolute Gasteiger partial charge is 0.497 e. The van der Waals surface area contributed by atoms with Gasteiger partial charge in [-0.3, -0.25) is 4.79 Å². The first-order chi connectivity index (χ1) is 16.1. The summed E-state index contributed by atoms with van der Waals surface area (Å²) in [7, 11) is 1.62. The van der Waals surface area contributed by atoms with Gasteiger partial charge in [0.2, 0.25) is 0 Å². The summed E-state index contributed by atoms with van der Waals surface area (Å²) in [6.45, 7) is 0. The Hall–Kier alpha value is -3.58. The molecule has 1 aliphatic heterocycles. The van der Waals surface area contributed by atoms with Gasteiger partial charge in [0.25, 0.3) is 5.91 Å². The molecule has 7 heteroatoms. The molecule has 4 aromatic rings. The number of nitrogens with zero attached hydrogens (tertiary/aromatic N) is 2. The van der Waals surface area contributed by atoms with Gasteiger partial charge in [0.1, 0.15) is 11.6 Å². The third kappa shape index (κ3) is 4.36. The predicted octanol–water partition coefficient (Wildman–Crippen LogP) is 5.79. The highest BCUT2D eigenvalue weighted by Gasteiger charge is 2.33. The zero-order valence-corrected chi connectivity index (χ0v) is 18.8. The van der Waals surface area contributed by atoms with Gasteiger partial charge in [0.05, 0.1) is 24.6 Å². The number of carbonyl (C=O) groups excluding carboxylic acids is 1. The number of aromatic amines is 1. The molecule has 1 atom stereocenters. The number of aromatic nitrogens is 1. The van der Waals surface area contributed by atoms with Gasteiger partial charge < -0.3 is 9.72 Å². The van der Waals surface area contributed by atoms with E-state index in [1.54, 1.807) is 24.3 Å². The Balaban J connectivity index is 1.40. The molecule has 0 radical (unpaired) electrons. The molecule has 0 fully saturated rings. The Morgan fingerprint density at radius 1 is 1.12 bits per heavy atom. The van der Waals surface area contributed by atoms with Crippen LogP contribution in [0.5, 0.6) is 5.75 Å². The van der Waals surface area contributed by atoms with Crippen LogP contribution in [0, 0.1) is 5.82 Å². The number of nitrogens with one attached hydrogen (secondary N) is 1. The highest BCUT2D eigenvalue weighted by atomic mass is 32.2. The lowest BCUT2D eigenvalue weighted by molar-refractivity contribution is -0.130. The Kier molecular flexibility index (Phi) is 5.88. The third-order valence-electron chi connectivity index (χ3n) is 5.75. The Morgan fingerprint density at radius 3 is 2.64 bits per heavy atom. The number of carbonyl (C=O) groups is 1. The van der Waals surface area contributed by atoms with Gasteiger partial charge in [0, 0.05) is 28.4 Å². The molecule has 33 heavy (non-hydrogen) atoms. The maximum atomic E-state index is 13.5. The lowest BCUT2D eigenvalue weighted by atomic mass is 9.98. The number of fused-ring (bicyclic) bond motifs is 1. The maximum absolute atomic E-state index is 13.5. The molecule has 1 unspecified atom stereocenters. The number of ether oxygens (including phenoxy) is 1. The van der Waals surface area contributed by atoms with Crippen molar-refractivity contribution in [1.82, 2.24) is 9.99 Å². The van der Waals surface area contributed by atoms with Crippen LogP contribution in [0.1, 0.15) is 23.6 Å². The fraction of sp³-hybridized carbons (Fsp3) is 0.154.